The highest BCUT2D eigenvalue weighted by Gasteiger charge is 2.19. The van der Waals surface area contributed by atoms with Gasteiger partial charge in [0.2, 0.25) is 11.8 Å². The summed E-state index contributed by atoms with van der Waals surface area (Å²) < 4.78 is 4.93. The number of aliphatic carboxylic acids is 1. The van der Waals surface area contributed by atoms with Crippen molar-refractivity contribution in [3.8, 4) is 5.88 Å². The molecular formula is C11H14N2O4. The zero-order valence-corrected chi connectivity index (χ0v) is 9.64. The Morgan fingerprint density at radius 3 is 2.88 bits per heavy atom. The summed E-state index contributed by atoms with van der Waals surface area (Å²) in [6, 6.07) is 3.39. The van der Waals surface area contributed by atoms with Gasteiger partial charge >= 0.3 is 5.97 Å². The smallest absolute Gasteiger partial charge is 0.315 e. The van der Waals surface area contributed by atoms with Crippen LogP contribution in [0.5, 0.6) is 5.88 Å². The number of carbonyl (C=O) groups is 2. The lowest BCUT2D eigenvalue weighted by Crippen LogP contribution is -2.33. The Balaban J connectivity index is 2.55. The normalized spacial score (nSPS) is 11.6. The fraction of sp³-hybridized carbons (Fsp3) is 0.364. The quantitative estimate of drug-likeness (QED) is 0.726. The van der Waals surface area contributed by atoms with E-state index in [9.17, 15) is 9.59 Å². The number of nitrogens with one attached hydrogen (secondary N) is 1. The largest absolute Gasteiger partial charge is 0.481 e. The van der Waals surface area contributed by atoms with Crippen LogP contribution in [0.2, 0.25) is 0 Å². The van der Waals surface area contributed by atoms with Crippen LogP contribution in [0.3, 0.4) is 0 Å². The van der Waals surface area contributed by atoms with Gasteiger partial charge in [0, 0.05) is 18.8 Å². The van der Waals surface area contributed by atoms with Crippen molar-refractivity contribution in [2.24, 2.45) is 5.92 Å². The first-order valence-corrected chi connectivity index (χ1v) is 5.04. The molecule has 2 N–H and O–H groups in total. The standard InChI is InChI=1S/C11H14N2O4/c1-7(11(15)16)10(14)13-6-8-3-4-12-9(5-8)17-2/h3-5,7H,6H2,1-2H3,(H,13,14)(H,15,16). The number of carboxylic acids is 1. The number of nitrogens with zero attached hydrogens (tertiary/aromatic N) is 1. The molecule has 0 fully saturated rings. The van der Waals surface area contributed by atoms with Gasteiger partial charge in [0.1, 0.15) is 5.92 Å². The number of hydrogen-bond donors (Lipinski definition) is 2. The molecule has 1 aromatic heterocycles. The maximum absolute atomic E-state index is 11.4. The van der Waals surface area contributed by atoms with Crippen LogP contribution in [0, 0.1) is 5.92 Å². The van der Waals surface area contributed by atoms with Gasteiger partial charge in [0.05, 0.1) is 7.11 Å². The first-order chi connectivity index (χ1) is 8.04. The molecule has 1 amide bonds. The van der Waals surface area contributed by atoms with E-state index in [0.717, 1.165) is 5.56 Å². The van der Waals surface area contributed by atoms with Crippen molar-refractivity contribution in [2.75, 3.05) is 7.11 Å². The summed E-state index contributed by atoms with van der Waals surface area (Å²) in [4.78, 5) is 25.9. The van der Waals surface area contributed by atoms with Gasteiger partial charge in [0.25, 0.3) is 0 Å². The highest BCUT2D eigenvalue weighted by atomic mass is 16.5. The van der Waals surface area contributed by atoms with Crippen molar-refractivity contribution in [3.05, 3.63) is 23.9 Å². The van der Waals surface area contributed by atoms with Crippen LogP contribution >= 0.6 is 0 Å². The zero-order valence-electron chi connectivity index (χ0n) is 9.64. The maximum Gasteiger partial charge on any atom is 0.315 e. The molecule has 0 aliphatic rings. The van der Waals surface area contributed by atoms with Gasteiger partial charge in [-0.15, -0.1) is 0 Å². The summed E-state index contributed by atoms with van der Waals surface area (Å²) in [7, 11) is 1.50. The number of aromatic nitrogens is 1. The number of amides is 1. The molecule has 0 bridgehead atoms. The van der Waals surface area contributed by atoms with Crippen LogP contribution in [-0.4, -0.2) is 29.1 Å². The van der Waals surface area contributed by atoms with Crippen LogP contribution in [-0.2, 0) is 16.1 Å². The van der Waals surface area contributed by atoms with E-state index in [4.69, 9.17) is 9.84 Å². The minimum absolute atomic E-state index is 0.245. The van der Waals surface area contributed by atoms with Crippen molar-refractivity contribution in [1.29, 1.82) is 0 Å². The van der Waals surface area contributed by atoms with E-state index < -0.39 is 17.8 Å². The number of ether oxygens (including phenoxy) is 1. The van der Waals surface area contributed by atoms with Gasteiger partial charge < -0.3 is 15.2 Å². The maximum atomic E-state index is 11.4. The summed E-state index contributed by atoms with van der Waals surface area (Å²) in [6.07, 6.45) is 1.56. The van der Waals surface area contributed by atoms with E-state index in [1.807, 2.05) is 0 Å². The van der Waals surface area contributed by atoms with E-state index in [1.165, 1.54) is 14.0 Å². The number of carboxylic acid groups (broad SMARTS) is 1. The molecule has 1 heterocycles. The van der Waals surface area contributed by atoms with Crippen LogP contribution < -0.4 is 10.1 Å². The number of carbonyl (C=O) groups excluding carboxylic acids is 1. The molecule has 92 valence electrons. The third-order valence-corrected chi connectivity index (χ3v) is 2.24. The van der Waals surface area contributed by atoms with E-state index >= 15 is 0 Å². The minimum atomic E-state index is -1.14. The number of methoxy groups -OCH3 is 1. The SMILES string of the molecule is COc1cc(CNC(=O)C(C)C(=O)O)ccn1. The summed E-state index contributed by atoms with van der Waals surface area (Å²) in [5.41, 5.74) is 0.794. The predicted octanol–water partition coefficient (Wildman–Crippen LogP) is 0.427. The molecule has 0 radical (unpaired) electrons. The number of pyridine rings is 1. The molecule has 1 aromatic rings. The second-order valence-electron chi connectivity index (χ2n) is 3.48. The molecule has 1 atom stereocenters. The first kappa shape index (κ1) is 13.0. The molecule has 0 aliphatic heterocycles. The second kappa shape index (κ2) is 5.83. The van der Waals surface area contributed by atoms with E-state index in [2.05, 4.69) is 10.3 Å². The molecule has 0 aromatic carbocycles. The molecule has 6 nitrogen and oxygen atoms in total. The molecule has 0 saturated carbocycles. The Hall–Kier alpha value is -2.11. The van der Waals surface area contributed by atoms with Crippen LogP contribution in [0.4, 0.5) is 0 Å². The monoisotopic (exact) mass is 238 g/mol. The molecular weight excluding hydrogens is 224 g/mol. The molecule has 0 spiro atoms. The summed E-state index contributed by atoms with van der Waals surface area (Å²) in [5, 5.41) is 11.2. The summed E-state index contributed by atoms with van der Waals surface area (Å²) in [5.74, 6) is -2.27. The molecule has 17 heavy (non-hydrogen) atoms. The molecule has 1 rings (SSSR count). The zero-order chi connectivity index (χ0) is 12.8. The van der Waals surface area contributed by atoms with Crippen LogP contribution in [0.15, 0.2) is 18.3 Å². The van der Waals surface area contributed by atoms with Gasteiger partial charge in [-0.2, -0.15) is 0 Å². The Morgan fingerprint density at radius 2 is 2.29 bits per heavy atom. The number of rotatable bonds is 5. The molecule has 1 unspecified atom stereocenters. The third kappa shape index (κ3) is 3.75. The van der Waals surface area contributed by atoms with Gasteiger partial charge in [-0.1, -0.05) is 0 Å². The van der Waals surface area contributed by atoms with Crippen molar-refractivity contribution >= 4 is 11.9 Å². The van der Waals surface area contributed by atoms with Crippen LogP contribution in [0.25, 0.3) is 0 Å². The van der Waals surface area contributed by atoms with E-state index in [0.29, 0.717) is 5.88 Å². The molecule has 0 aliphatic carbocycles. The Labute approximate surface area is 98.6 Å². The fourth-order valence-electron chi connectivity index (χ4n) is 1.13. The lowest BCUT2D eigenvalue weighted by Gasteiger charge is -2.08. The van der Waals surface area contributed by atoms with Gasteiger partial charge in [-0.25, -0.2) is 4.98 Å². The lowest BCUT2D eigenvalue weighted by atomic mass is 10.1. The van der Waals surface area contributed by atoms with Gasteiger partial charge in [-0.3, -0.25) is 9.59 Å². The molecule has 0 saturated heterocycles. The Kier molecular flexibility index (Phi) is 4.45. The fourth-order valence-corrected chi connectivity index (χ4v) is 1.13. The van der Waals surface area contributed by atoms with E-state index in [-0.39, 0.29) is 6.54 Å². The van der Waals surface area contributed by atoms with Crippen molar-refractivity contribution in [3.63, 3.8) is 0 Å². The first-order valence-electron chi connectivity index (χ1n) is 5.04. The van der Waals surface area contributed by atoms with Crippen LogP contribution in [0.1, 0.15) is 12.5 Å². The molecule has 6 heteroatoms. The topological polar surface area (TPSA) is 88.5 Å². The Bertz CT molecular complexity index is 420. The number of hydrogen-bond acceptors (Lipinski definition) is 4. The van der Waals surface area contributed by atoms with Crippen molar-refractivity contribution in [1.82, 2.24) is 10.3 Å². The average Bonchev–Trinajstić information content (AvgIpc) is 2.35. The lowest BCUT2D eigenvalue weighted by molar-refractivity contribution is -0.146. The summed E-state index contributed by atoms with van der Waals surface area (Å²) >= 11 is 0. The summed E-state index contributed by atoms with van der Waals surface area (Å²) in [6.45, 7) is 1.58. The highest BCUT2D eigenvalue weighted by Crippen LogP contribution is 2.08. The van der Waals surface area contributed by atoms with E-state index in [1.54, 1.807) is 18.3 Å². The minimum Gasteiger partial charge on any atom is -0.481 e. The van der Waals surface area contributed by atoms with Gasteiger partial charge in [-0.05, 0) is 18.6 Å². The third-order valence-electron chi connectivity index (χ3n) is 2.24. The van der Waals surface area contributed by atoms with Crippen molar-refractivity contribution in [2.45, 2.75) is 13.5 Å². The van der Waals surface area contributed by atoms with Gasteiger partial charge in [0.15, 0.2) is 0 Å². The Morgan fingerprint density at radius 1 is 1.59 bits per heavy atom. The average molecular weight is 238 g/mol. The predicted molar refractivity (Wildman–Crippen MR) is 59.4 cm³/mol. The second-order valence-corrected chi connectivity index (χ2v) is 3.48. The van der Waals surface area contributed by atoms with Crippen molar-refractivity contribution < 1.29 is 19.4 Å². The highest BCUT2D eigenvalue weighted by molar-refractivity contribution is 5.96.